The van der Waals surface area contributed by atoms with Crippen molar-refractivity contribution in [3.8, 4) is 0 Å². The maximum Gasteiger partial charge on any atom is 0.174 e. The average molecular weight is 340 g/mol. The van der Waals surface area contributed by atoms with E-state index in [0.717, 1.165) is 22.8 Å². The molecule has 0 saturated carbocycles. The zero-order valence-electron chi connectivity index (χ0n) is 13.7. The van der Waals surface area contributed by atoms with Crippen molar-refractivity contribution in [3.63, 3.8) is 0 Å². The van der Waals surface area contributed by atoms with Gasteiger partial charge >= 0.3 is 0 Å². The lowest BCUT2D eigenvalue weighted by atomic mass is 10.2. The zero-order valence-corrected chi connectivity index (χ0v) is 14.5. The lowest BCUT2D eigenvalue weighted by Crippen LogP contribution is -2.36. The van der Waals surface area contributed by atoms with Crippen molar-refractivity contribution in [2.45, 2.75) is 26.4 Å². The first kappa shape index (κ1) is 16.3. The summed E-state index contributed by atoms with van der Waals surface area (Å²) in [5.41, 5.74) is 2.14. The molecule has 1 N–H and O–H groups in total. The van der Waals surface area contributed by atoms with E-state index in [2.05, 4.69) is 30.1 Å². The molecule has 0 aliphatic heterocycles. The van der Waals surface area contributed by atoms with Gasteiger partial charge in [0.25, 0.3) is 0 Å². The van der Waals surface area contributed by atoms with E-state index in [-0.39, 0.29) is 6.04 Å². The summed E-state index contributed by atoms with van der Waals surface area (Å²) in [6, 6.07) is 15.7. The Bertz CT molecular complexity index is 782. The smallest absolute Gasteiger partial charge is 0.174 e. The minimum Gasteiger partial charge on any atom is -0.467 e. The molecule has 0 amide bonds. The van der Waals surface area contributed by atoms with E-state index >= 15 is 0 Å². The second-order valence-electron chi connectivity index (χ2n) is 5.64. The van der Waals surface area contributed by atoms with E-state index in [0.29, 0.717) is 11.7 Å². The van der Waals surface area contributed by atoms with E-state index < -0.39 is 0 Å². The number of nitrogens with one attached hydrogen (secondary N) is 1. The van der Waals surface area contributed by atoms with Gasteiger partial charge < -0.3 is 19.1 Å². The van der Waals surface area contributed by atoms with Gasteiger partial charge in [-0.1, -0.05) is 18.2 Å². The SMILES string of the molecule is Cc1ccccc1NC(=S)N(Cc1ccco1)C(C)c1ccco1. The second-order valence-corrected chi connectivity index (χ2v) is 6.03. The number of benzene rings is 1. The van der Waals surface area contributed by atoms with Crippen molar-refractivity contribution in [2.75, 3.05) is 5.32 Å². The largest absolute Gasteiger partial charge is 0.467 e. The van der Waals surface area contributed by atoms with Crippen molar-refractivity contribution in [2.24, 2.45) is 0 Å². The summed E-state index contributed by atoms with van der Waals surface area (Å²) in [5, 5.41) is 3.97. The zero-order chi connectivity index (χ0) is 16.9. The van der Waals surface area contributed by atoms with Crippen LogP contribution in [0.1, 0.15) is 30.0 Å². The molecule has 0 radical (unpaired) electrons. The van der Waals surface area contributed by atoms with Gasteiger partial charge in [-0.25, -0.2) is 0 Å². The summed E-state index contributed by atoms with van der Waals surface area (Å²) in [6.07, 6.45) is 3.34. The van der Waals surface area contributed by atoms with Gasteiger partial charge in [0, 0.05) is 5.69 Å². The summed E-state index contributed by atoms with van der Waals surface area (Å²) in [4.78, 5) is 2.06. The van der Waals surface area contributed by atoms with Crippen LogP contribution in [-0.4, -0.2) is 10.0 Å². The number of nitrogens with zero attached hydrogens (tertiary/aromatic N) is 1. The topological polar surface area (TPSA) is 41.5 Å². The standard InChI is InChI=1S/C19H20N2O2S/c1-14-7-3-4-9-17(14)20-19(24)21(13-16-8-5-11-22-16)15(2)18-10-6-12-23-18/h3-12,15H,13H2,1-2H3,(H,20,24). The molecule has 3 rings (SSSR count). The molecule has 3 aromatic rings. The Hall–Kier alpha value is -2.53. The predicted molar refractivity (Wildman–Crippen MR) is 98.8 cm³/mol. The Morgan fingerprint density at radius 1 is 1.08 bits per heavy atom. The van der Waals surface area contributed by atoms with Crippen LogP contribution >= 0.6 is 12.2 Å². The number of furan rings is 2. The van der Waals surface area contributed by atoms with Gasteiger partial charge in [0.2, 0.25) is 0 Å². The molecule has 1 aromatic carbocycles. The molecular formula is C19H20N2O2S. The third-order valence-corrected chi connectivity index (χ3v) is 4.31. The summed E-state index contributed by atoms with van der Waals surface area (Å²) in [6.45, 7) is 4.68. The maximum absolute atomic E-state index is 5.67. The van der Waals surface area contributed by atoms with Crippen molar-refractivity contribution in [1.29, 1.82) is 0 Å². The molecule has 0 spiro atoms. The Kier molecular flexibility index (Phi) is 5.01. The van der Waals surface area contributed by atoms with E-state index in [1.807, 2.05) is 42.5 Å². The fourth-order valence-electron chi connectivity index (χ4n) is 2.54. The summed E-state index contributed by atoms with van der Waals surface area (Å²) < 4.78 is 11.1. The molecule has 124 valence electrons. The van der Waals surface area contributed by atoms with Crippen molar-refractivity contribution in [1.82, 2.24) is 4.90 Å². The fourth-order valence-corrected chi connectivity index (χ4v) is 2.87. The van der Waals surface area contributed by atoms with Crippen molar-refractivity contribution >= 4 is 23.0 Å². The number of anilines is 1. The number of para-hydroxylation sites is 1. The third kappa shape index (κ3) is 3.68. The van der Waals surface area contributed by atoms with Crippen LogP contribution in [0.4, 0.5) is 5.69 Å². The summed E-state index contributed by atoms with van der Waals surface area (Å²) >= 11 is 5.67. The molecule has 0 fully saturated rings. The molecule has 2 heterocycles. The highest BCUT2D eigenvalue weighted by atomic mass is 32.1. The van der Waals surface area contributed by atoms with Gasteiger partial charge in [0.1, 0.15) is 11.5 Å². The first-order valence-corrected chi connectivity index (χ1v) is 8.25. The van der Waals surface area contributed by atoms with Gasteiger partial charge in [-0.05, 0) is 62.0 Å². The predicted octanol–water partition coefficient (Wildman–Crippen LogP) is 5.14. The fraction of sp³-hybridized carbons (Fsp3) is 0.211. The van der Waals surface area contributed by atoms with Crippen LogP contribution in [0.2, 0.25) is 0 Å². The molecule has 1 atom stereocenters. The van der Waals surface area contributed by atoms with Gasteiger partial charge in [-0.2, -0.15) is 0 Å². The van der Waals surface area contributed by atoms with Crippen LogP contribution in [0.25, 0.3) is 0 Å². The van der Waals surface area contributed by atoms with Crippen LogP contribution in [0.15, 0.2) is 69.9 Å². The third-order valence-electron chi connectivity index (χ3n) is 3.98. The highest BCUT2D eigenvalue weighted by Gasteiger charge is 2.22. The molecule has 24 heavy (non-hydrogen) atoms. The minimum atomic E-state index is -0.0193. The van der Waals surface area contributed by atoms with Crippen molar-refractivity contribution < 1.29 is 8.83 Å². The highest BCUT2D eigenvalue weighted by Crippen LogP contribution is 2.25. The number of rotatable bonds is 5. The molecule has 2 aromatic heterocycles. The summed E-state index contributed by atoms with van der Waals surface area (Å²) in [7, 11) is 0. The van der Waals surface area contributed by atoms with Gasteiger partial charge in [0.15, 0.2) is 5.11 Å². The number of hydrogen-bond donors (Lipinski definition) is 1. The van der Waals surface area contributed by atoms with E-state index in [9.17, 15) is 0 Å². The Balaban J connectivity index is 1.83. The normalized spacial score (nSPS) is 11.9. The first-order chi connectivity index (χ1) is 11.6. The Morgan fingerprint density at radius 3 is 2.50 bits per heavy atom. The maximum atomic E-state index is 5.67. The lowest BCUT2D eigenvalue weighted by Gasteiger charge is -2.30. The van der Waals surface area contributed by atoms with Crippen LogP contribution in [0.5, 0.6) is 0 Å². The highest BCUT2D eigenvalue weighted by molar-refractivity contribution is 7.80. The molecule has 0 aliphatic rings. The Labute approximate surface area is 147 Å². The lowest BCUT2D eigenvalue weighted by molar-refractivity contribution is 0.269. The molecule has 4 nitrogen and oxygen atoms in total. The van der Waals surface area contributed by atoms with E-state index in [1.54, 1.807) is 12.5 Å². The monoisotopic (exact) mass is 340 g/mol. The molecular weight excluding hydrogens is 320 g/mol. The first-order valence-electron chi connectivity index (χ1n) is 7.84. The minimum absolute atomic E-state index is 0.0193. The van der Waals surface area contributed by atoms with Gasteiger partial charge in [0.05, 0.1) is 25.1 Å². The molecule has 5 heteroatoms. The molecule has 0 aliphatic carbocycles. The van der Waals surface area contributed by atoms with Crippen LogP contribution in [-0.2, 0) is 6.54 Å². The van der Waals surface area contributed by atoms with Crippen molar-refractivity contribution in [3.05, 3.63) is 78.1 Å². The number of hydrogen-bond acceptors (Lipinski definition) is 3. The molecule has 0 saturated heterocycles. The number of aryl methyl sites for hydroxylation is 1. The summed E-state index contributed by atoms with van der Waals surface area (Å²) in [5.74, 6) is 1.71. The van der Waals surface area contributed by atoms with Crippen LogP contribution in [0.3, 0.4) is 0 Å². The van der Waals surface area contributed by atoms with E-state index in [1.165, 1.54) is 0 Å². The quantitative estimate of drug-likeness (QED) is 0.651. The second kappa shape index (κ2) is 7.36. The average Bonchev–Trinajstić information content (AvgIpc) is 3.27. The molecule has 0 bridgehead atoms. The van der Waals surface area contributed by atoms with Gasteiger partial charge in [-0.15, -0.1) is 0 Å². The number of thiocarbonyl (C=S) groups is 1. The van der Waals surface area contributed by atoms with Crippen LogP contribution in [0, 0.1) is 6.92 Å². The Morgan fingerprint density at radius 2 is 1.83 bits per heavy atom. The molecule has 1 unspecified atom stereocenters. The van der Waals surface area contributed by atoms with Gasteiger partial charge in [-0.3, -0.25) is 0 Å². The van der Waals surface area contributed by atoms with Crippen LogP contribution < -0.4 is 5.32 Å². The van der Waals surface area contributed by atoms with E-state index in [4.69, 9.17) is 21.1 Å².